The molecule has 29 heavy (non-hydrogen) atoms. The van der Waals surface area contributed by atoms with Gasteiger partial charge >= 0.3 is 0 Å². The summed E-state index contributed by atoms with van der Waals surface area (Å²) in [5.41, 5.74) is 2.27. The van der Waals surface area contributed by atoms with E-state index >= 15 is 0 Å². The lowest BCUT2D eigenvalue weighted by Crippen LogP contribution is -2.46. The molecule has 0 spiro atoms. The number of nitrogens with two attached hydrogens (primary N) is 1. The first-order valence-corrected chi connectivity index (χ1v) is 11.4. The lowest BCUT2D eigenvalue weighted by molar-refractivity contribution is -0.134. The van der Waals surface area contributed by atoms with Gasteiger partial charge in [0.05, 0.1) is 5.25 Å². The van der Waals surface area contributed by atoms with Crippen molar-refractivity contribution in [2.75, 3.05) is 12.4 Å². The van der Waals surface area contributed by atoms with Crippen molar-refractivity contribution in [3.8, 4) is 11.4 Å². The Morgan fingerprint density at radius 1 is 1.24 bits per heavy atom. The standard InChI is InChI=1S/C22H33N5OS/c1-6-18-9-7-8-14-26(18)20(28)15(2)29-21-25-24-19(27(21)23)16-10-12-17(13-11-16)22(3,4)5/h10-13,15,18H,6-9,14,23H2,1-5H3. The van der Waals surface area contributed by atoms with Gasteiger partial charge < -0.3 is 10.7 Å². The highest BCUT2D eigenvalue weighted by Gasteiger charge is 2.30. The van der Waals surface area contributed by atoms with Gasteiger partial charge in [0, 0.05) is 18.2 Å². The summed E-state index contributed by atoms with van der Waals surface area (Å²) in [6.07, 6.45) is 4.39. The zero-order valence-electron chi connectivity index (χ0n) is 18.2. The van der Waals surface area contributed by atoms with Crippen LogP contribution in [0.2, 0.25) is 0 Å². The Labute approximate surface area is 178 Å². The van der Waals surface area contributed by atoms with Gasteiger partial charge in [-0.1, -0.05) is 63.7 Å². The molecule has 0 saturated carbocycles. The number of nitrogen functional groups attached to an aromatic ring is 1. The first-order valence-electron chi connectivity index (χ1n) is 10.5. The molecule has 158 valence electrons. The molecule has 2 unspecified atom stereocenters. The summed E-state index contributed by atoms with van der Waals surface area (Å²) in [7, 11) is 0. The van der Waals surface area contributed by atoms with Crippen LogP contribution < -0.4 is 5.84 Å². The number of benzene rings is 1. The van der Waals surface area contributed by atoms with Crippen molar-refractivity contribution in [1.29, 1.82) is 0 Å². The van der Waals surface area contributed by atoms with Crippen LogP contribution in [0.4, 0.5) is 0 Å². The summed E-state index contributed by atoms with van der Waals surface area (Å²) in [5, 5.41) is 8.84. The van der Waals surface area contributed by atoms with Gasteiger partial charge in [-0.3, -0.25) is 4.79 Å². The van der Waals surface area contributed by atoms with E-state index in [1.54, 1.807) is 0 Å². The number of carbonyl (C=O) groups is 1. The third kappa shape index (κ3) is 4.77. The number of hydrogen-bond acceptors (Lipinski definition) is 5. The summed E-state index contributed by atoms with van der Waals surface area (Å²) in [4.78, 5) is 15.0. The Morgan fingerprint density at radius 2 is 1.93 bits per heavy atom. The number of likely N-dealkylation sites (tertiary alicyclic amines) is 1. The number of aromatic nitrogens is 3. The molecule has 1 aliphatic rings. The summed E-state index contributed by atoms with van der Waals surface area (Å²) < 4.78 is 1.49. The molecule has 2 heterocycles. The van der Waals surface area contributed by atoms with E-state index in [4.69, 9.17) is 5.84 Å². The van der Waals surface area contributed by atoms with E-state index < -0.39 is 0 Å². The van der Waals surface area contributed by atoms with E-state index in [-0.39, 0.29) is 16.6 Å². The predicted octanol–water partition coefficient (Wildman–Crippen LogP) is 4.23. The summed E-state index contributed by atoms with van der Waals surface area (Å²) in [6, 6.07) is 8.61. The van der Waals surface area contributed by atoms with Crippen LogP contribution in [0.15, 0.2) is 29.4 Å². The average Bonchev–Trinajstić information content (AvgIpc) is 3.07. The maximum absolute atomic E-state index is 13.0. The van der Waals surface area contributed by atoms with Crippen molar-refractivity contribution in [3.05, 3.63) is 29.8 Å². The highest BCUT2D eigenvalue weighted by molar-refractivity contribution is 8.00. The van der Waals surface area contributed by atoms with E-state index in [1.807, 2.05) is 24.0 Å². The number of piperidine rings is 1. The first-order chi connectivity index (χ1) is 13.7. The molecular weight excluding hydrogens is 382 g/mol. The number of rotatable bonds is 5. The van der Waals surface area contributed by atoms with Gasteiger partial charge in [-0.2, -0.15) is 0 Å². The molecule has 0 bridgehead atoms. The molecule has 0 radical (unpaired) electrons. The number of nitrogens with zero attached hydrogens (tertiary/aromatic N) is 4. The Kier molecular flexibility index (Phi) is 6.56. The molecular formula is C22H33N5OS. The summed E-state index contributed by atoms with van der Waals surface area (Å²) in [5.74, 6) is 7.06. The smallest absolute Gasteiger partial charge is 0.236 e. The lowest BCUT2D eigenvalue weighted by Gasteiger charge is -2.36. The molecule has 2 aromatic rings. The van der Waals surface area contributed by atoms with Crippen LogP contribution in [0, 0.1) is 0 Å². The second-order valence-corrected chi connectivity index (χ2v) is 10.2. The minimum Gasteiger partial charge on any atom is -0.339 e. The van der Waals surface area contributed by atoms with Gasteiger partial charge in [-0.25, -0.2) is 4.68 Å². The van der Waals surface area contributed by atoms with Gasteiger partial charge in [-0.05, 0) is 43.6 Å². The monoisotopic (exact) mass is 415 g/mol. The van der Waals surface area contributed by atoms with Crippen LogP contribution in [0.25, 0.3) is 11.4 Å². The second-order valence-electron chi connectivity index (χ2n) is 8.85. The van der Waals surface area contributed by atoms with Gasteiger partial charge in [-0.15, -0.1) is 10.2 Å². The Hall–Kier alpha value is -2.02. The molecule has 7 heteroatoms. The van der Waals surface area contributed by atoms with E-state index in [1.165, 1.54) is 28.4 Å². The highest BCUT2D eigenvalue weighted by atomic mass is 32.2. The van der Waals surface area contributed by atoms with Crippen LogP contribution in [0.5, 0.6) is 0 Å². The van der Waals surface area contributed by atoms with Crippen molar-refractivity contribution in [2.24, 2.45) is 0 Å². The molecule has 1 aliphatic heterocycles. The van der Waals surface area contributed by atoms with E-state index in [9.17, 15) is 4.79 Å². The van der Waals surface area contributed by atoms with Crippen LogP contribution in [0.3, 0.4) is 0 Å². The number of hydrogen-bond donors (Lipinski definition) is 1. The quantitative estimate of drug-likeness (QED) is 0.584. The average molecular weight is 416 g/mol. The second kappa shape index (κ2) is 8.78. The normalized spacial score (nSPS) is 18.7. The first kappa shape index (κ1) is 21.7. The van der Waals surface area contributed by atoms with Crippen molar-refractivity contribution in [3.63, 3.8) is 0 Å². The molecule has 1 amide bonds. The molecule has 1 fully saturated rings. The minimum absolute atomic E-state index is 0.0938. The molecule has 1 aromatic carbocycles. The van der Waals surface area contributed by atoms with Crippen molar-refractivity contribution < 1.29 is 4.79 Å². The maximum atomic E-state index is 13.0. The molecule has 2 N–H and O–H groups in total. The Morgan fingerprint density at radius 3 is 2.55 bits per heavy atom. The highest BCUT2D eigenvalue weighted by Crippen LogP contribution is 2.29. The third-order valence-electron chi connectivity index (χ3n) is 5.69. The molecule has 6 nitrogen and oxygen atoms in total. The van der Waals surface area contributed by atoms with Crippen LogP contribution >= 0.6 is 11.8 Å². The van der Waals surface area contributed by atoms with Crippen LogP contribution in [-0.4, -0.2) is 43.5 Å². The predicted molar refractivity (Wildman–Crippen MR) is 119 cm³/mol. The van der Waals surface area contributed by atoms with Crippen LogP contribution in [0.1, 0.15) is 65.9 Å². The molecule has 1 aromatic heterocycles. The van der Waals surface area contributed by atoms with Crippen molar-refractivity contribution in [2.45, 2.75) is 82.2 Å². The van der Waals surface area contributed by atoms with Crippen molar-refractivity contribution >= 4 is 17.7 Å². The van der Waals surface area contributed by atoms with Crippen molar-refractivity contribution in [1.82, 2.24) is 19.8 Å². The van der Waals surface area contributed by atoms with Gasteiger partial charge in [0.15, 0.2) is 5.82 Å². The lowest BCUT2D eigenvalue weighted by atomic mass is 9.87. The fourth-order valence-electron chi connectivity index (χ4n) is 3.83. The fraction of sp³-hybridized carbons (Fsp3) is 0.591. The minimum atomic E-state index is -0.246. The topological polar surface area (TPSA) is 77.0 Å². The summed E-state index contributed by atoms with van der Waals surface area (Å²) >= 11 is 1.38. The third-order valence-corrected chi connectivity index (χ3v) is 6.73. The van der Waals surface area contributed by atoms with Gasteiger partial charge in [0.2, 0.25) is 11.1 Å². The number of amides is 1. The van der Waals surface area contributed by atoms with Gasteiger partial charge in [0.1, 0.15) is 0 Å². The van der Waals surface area contributed by atoms with Crippen LogP contribution in [-0.2, 0) is 10.2 Å². The Balaban J connectivity index is 1.73. The van der Waals surface area contributed by atoms with E-state index in [0.717, 1.165) is 31.4 Å². The van der Waals surface area contributed by atoms with Gasteiger partial charge in [0.25, 0.3) is 0 Å². The van der Waals surface area contributed by atoms with E-state index in [2.05, 4.69) is 50.0 Å². The zero-order valence-corrected chi connectivity index (χ0v) is 19.0. The fourth-order valence-corrected chi connectivity index (χ4v) is 4.67. The molecule has 3 rings (SSSR count). The molecule has 2 atom stereocenters. The maximum Gasteiger partial charge on any atom is 0.236 e. The molecule has 0 aliphatic carbocycles. The number of carbonyl (C=O) groups excluding carboxylic acids is 1. The number of thioether (sulfide) groups is 1. The SMILES string of the molecule is CCC1CCCCN1C(=O)C(C)Sc1nnc(-c2ccc(C(C)(C)C)cc2)n1N. The summed E-state index contributed by atoms with van der Waals surface area (Å²) in [6.45, 7) is 11.5. The molecule has 1 saturated heterocycles. The Bertz CT molecular complexity index is 840. The largest absolute Gasteiger partial charge is 0.339 e. The van der Waals surface area contributed by atoms with E-state index in [0.29, 0.717) is 17.0 Å². The zero-order chi connectivity index (χ0) is 21.2.